The van der Waals surface area contributed by atoms with E-state index in [1.165, 1.54) is 43.4 Å². The maximum atomic E-state index is 13.2. The van der Waals surface area contributed by atoms with Gasteiger partial charge in [0, 0.05) is 31.2 Å². The molecule has 0 atom stereocenters. The molecule has 8 heteroatoms. The number of pyridine rings is 1. The van der Waals surface area contributed by atoms with Gasteiger partial charge in [-0.3, -0.25) is 9.78 Å². The first-order valence-electron chi connectivity index (χ1n) is 12.3. The molecule has 1 saturated heterocycles. The highest BCUT2D eigenvalue weighted by atomic mass is 32.2. The van der Waals surface area contributed by atoms with E-state index in [0.717, 1.165) is 22.4 Å². The van der Waals surface area contributed by atoms with Crippen molar-refractivity contribution in [3.8, 4) is 10.6 Å². The number of rotatable bonds is 5. The van der Waals surface area contributed by atoms with Crippen LogP contribution in [0.1, 0.15) is 44.9 Å². The molecule has 6 nitrogen and oxygen atoms in total. The highest BCUT2D eigenvalue weighted by molar-refractivity contribution is 7.91. The van der Waals surface area contributed by atoms with Gasteiger partial charge in [-0.15, -0.1) is 11.3 Å². The number of sulfonamides is 1. The molecular formula is C25H31N3O3S2. The van der Waals surface area contributed by atoms with Gasteiger partial charge in [-0.05, 0) is 92.9 Å². The van der Waals surface area contributed by atoms with E-state index in [2.05, 4.69) is 10.3 Å². The average Bonchev–Trinajstić information content (AvgIpc) is 3.33. The lowest BCUT2D eigenvalue weighted by Crippen LogP contribution is -2.57. The molecule has 1 aliphatic heterocycles. The molecular weight excluding hydrogens is 454 g/mol. The molecule has 5 fully saturated rings. The van der Waals surface area contributed by atoms with Gasteiger partial charge in [0.2, 0.25) is 5.91 Å². The van der Waals surface area contributed by atoms with Crippen molar-refractivity contribution in [3.63, 3.8) is 0 Å². The van der Waals surface area contributed by atoms with Crippen LogP contribution in [-0.2, 0) is 14.8 Å². The normalized spacial score (nSPS) is 32.2. The first-order chi connectivity index (χ1) is 16.0. The molecule has 0 aromatic carbocycles. The van der Waals surface area contributed by atoms with Crippen LogP contribution < -0.4 is 5.32 Å². The van der Waals surface area contributed by atoms with E-state index < -0.39 is 10.0 Å². The Morgan fingerprint density at radius 3 is 2.30 bits per heavy atom. The summed E-state index contributed by atoms with van der Waals surface area (Å²) in [7, 11) is -3.55. The SMILES string of the molecule is O=C(NC1C2CC3CC(C2)CC1C3)C1CCN(S(=O)(=O)c2ccc(-c3ccccn3)s2)CC1. The minimum absolute atomic E-state index is 0.0824. The molecule has 2 aromatic heterocycles. The summed E-state index contributed by atoms with van der Waals surface area (Å²) in [6.45, 7) is 0.803. The molecule has 7 rings (SSSR count). The van der Waals surface area contributed by atoms with E-state index in [-0.39, 0.29) is 11.8 Å². The maximum Gasteiger partial charge on any atom is 0.252 e. The van der Waals surface area contributed by atoms with Crippen molar-refractivity contribution in [2.75, 3.05) is 13.1 Å². The van der Waals surface area contributed by atoms with Gasteiger partial charge in [-0.1, -0.05) is 6.07 Å². The number of hydrogen-bond acceptors (Lipinski definition) is 5. The molecule has 0 spiro atoms. The zero-order chi connectivity index (χ0) is 22.6. The number of carbonyl (C=O) groups excluding carboxylic acids is 1. The van der Waals surface area contributed by atoms with Gasteiger partial charge in [0.25, 0.3) is 10.0 Å². The van der Waals surface area contributed by atoms with Crippen LogP contribution in [0.25, 0.3) is 10.6 Å². The Labute approximate surface area is 199 Å². The van der Waals surface area contributed by atoms with E-state index in [4.69, 9.17) is 0 Å². The Kier molecular flexibility index (Phi) is 5.58. The second-order valence-corrected chi connectivity index (χ2v) is 13.7. The number of carbonyl (C=O) groups is 1. The highest BCUT2D eigenvalue weighted by Crippen LogP contribution is 2.53. The van der Waals surface area contributed by atoms with E-state index in [1.807, 2.05) is 24.3 Å². The third-order valence-electron chi connectivity index (χ3n) is 8.45. The molecule has 33 heavy (non-hydrogen) atoms. The molecule has 5 aliphatic rings. The van der Waals surface area contributed by atoms with Gasteiger partial charge in [0.15, 0.2) is 0 Å². The fraction of sp³-hybridized carbons (Fsp3) is 0.600. The summed E-state index contributed by atoms with van der Waals surface area (Å²) >= 11 is 1.26. The lowest BCUT2D eigenvalue weighted by atomic mass is 9.54. The average molecular weight is 486 g/mol. The van der Waals surface area contributed by atoms with Crippen LogP contribution in [0.5, 0.6) is 0 Å². The fourth-order valence-electron chi connectivity index (χ4n) is 7.03. The van der Waals surface area contributed by atoms with Crippen molar-refractivity contribution in [2.45, 2.75) is 55.2 Å². The first-order valence-corrected chi connectivity index (χ1v) is 14.5. The predicted molar refractivity (Wildman–Crippen MR) is 128 cm³/mol. The molecule has 0 unspecified atom stereocenters. The minimum Gasteiger partial charge on any atom is -0.353 e. The van der Waals surface area contributed by atoms with Crippen LogP contribution in [0.3, 0.4) is 0 Å². The monoisotopic (exact) mass is 485 g/mol. The number of nitrogens with one attached hydrogen (secondary N) is 1. The van der Waals surface area contributed by atoms with Crippen LogP contribution in [0.2, 0.25) is 0 Å². The molecule has 1 N–H and O–H groups in total. The smallest absolute Gasteiger partial charge is 0.252 e. The third-order valence-corrected chi connectivity index (χ3v) is 11.9. The second-order valence-electron chi connectivity index (χ2n) is 10.5. The van der Waals surface area contributed by atoms with Crippen LogP contribution >= 0.6 is 11.3 Å². The number of hydrogen-bond donors (Lipinski definition) is 1. The first kappa shape index (κ1) is 21.7. The van der Waals surface area contributed by atoms with Gasteiger partial charge in [-0.25, -0.2) is 8.42 Å². The van der Waals surface area contributed by atoms with Crippen LogP contribution in [-0.4, -0.2) is 42.7 Å². The van der Waals surface area contributed by atoms with Crippen molar-refractivity contribution in [2.24, 2.45) is 29.6 Å². The Morgan fingerprint density at radius 1 is 0.970 bits per heavy atom. The molecule has 2 aromatic rings. The van der Waals surface area contributed by atoms with Gasteiger partial charge < -0.3 is 5.32 Å². The van der Waals surface area contributed by atoms with Crippen LogP contribution in [0.4, 0.5) is 0 Å². The van der Waals surface area contributed by atoms with Crippen molar-refractivity contribution >= 4 is 27.3 Å². The summed E-state index contributed by atoms with van der Waals surface area (Å²) in [5, 5.41) is 3.43. The topological polar surface area (TPSA) is 79.4 Å². The largest absolute Gasteiger partial charge is 0.353 e. The van der Waals surface area contributed by atoms with Crippen LogP contribution in [0, 0.1) is 29.6 Å². The Morgan fingerprint density at radius 2 is 1.67 bits per heavy atom. The van der Waals surface area contributed by atoms with E-state index in [0.29, 0.717) is 48.0 Å². The quantitative estimate of drug-likeness (QED) is 0.690. The van der Waals surface area contributed by atoms with Gasteiger partial charge in [0.1, 0.15) is 4.21 Å². The predicted octanol–water partition coefficient (Wildman–Crippen LogP) is 4.15. The number of aromatic nitrogens is 1. The summed E-state index contributed by atoms with van der Waals surface area (Å²) < 4.78 is 28.3. The highest BCUT2D eigenvalue weighted by Gasteiger charge is 2.49. The lowest BCUT2D eigenvalue weighted by molar-refractivity contribution is -0.130. The second kappa shape index (κ2) is 8.47. The molecule has 4 aliphatic carbocycles. The van der Waals surface area contributed by atoms with Gasteiger partial charge >= 0.3 is 0 Å². The fourth-order valence-corrected chi connectivity index (χ4v) is 9.94. The van der Waals surface area contributed by atoms with E-state index in [1.54, 1.807) is 16.6 Å². The Hall–Kier alpha value is -1.77. The van der Waals surface area contributed by atoms with Crippen molar-refractivity contribution in [3.05, 3.63) is 36.5 Å². The molecule has 0 radical (unpaired) electrons. The number of nitrogens with zero attached hydrogens (tertiary/aromatic N) is 2. The molecule has 1 amide bonds. The number of amides is 1. The summed E-state index contributed by atoms with van der Waals surface area (Å²) in [6, 6.07) is 9.48. The summed E-state index contributed by atoms with van der Waals surface area (Å²) in [5.41, 5.74) is 0.782. The lowest BCUT2D eigenvalue weighted by Gasteiger charge is -2.54. The summed E-state index contributed by atoms with van der Waals surface area (Å²) in [5.74, 6) is 3.18. The Balaban J connectivity index is 1.07. The van der Waals surface area contributed by atoms with Crippen LogP contribution in [0.15, 0.2) is 40.7 Å². The maximum absolute atomic E-state index is 13.2. The molecule has 4 bridgehead atoms. The Bertz CT molecular complexity index is 1090. The summed E-state index contributed by atoms with van der Waals surface area (Å²) in [4.78, 5) is 18.3. The van der Waals surface area contributed by atoms with Gasteiger partial charge in [-0.2, -0.15) is 4.31 Å². The standard InChI is InChI=1S/C25H31N3O3S2/c29-25(27-24-19-12-16-11-17(14-19)15-20(24)13-16)18-6-9-28(10-7-18)33(30,31)23-5-4-22(32-23)21-3-1-2-8-26-21/h1-5,8,16-20,24H,6-7,9-15H2,(H,27,29). The zero-order valence-corrected chi connectivity index (χ0v) is 20.4. The third kappa shape index (κ3) is 4.04. The summed E-state index contributed by atoms with van der Waals surface area (Å²) in [6.07, 6.45) is 9.46. The van der Waals surface area contributed by atoms with Crippen molar-refractivity contribution < 1.29 is 13.2 Å². The molecule has 4 saturated carbocycles. The zero-order valence-electron chi connectivity index (χ0n) is 18.7. The minimum atomic E-state index is -3.55. The van der Waals surface area contributed by atoms with E-state index >= 15 is 0 Å². The number of piperidine rings is 1. The number of thiophene rings is 1. The van der Waals surface area contributed by atoms with Gasteiger partial charge in [0.05, 0.1) is 10.6 Å². The van der Waals surface area contributed by atoms with Crippen molar-refractivity contribution in [1.82, 2.24) is 14.6 Å². The van der Waals surface area contributed by atoms with E-state index in [9.17, 15) is 13.2 Å². The molecule has 3 heterocycles. The molecule has 176 valence electrons. The van der Waals surface area contributed by atoms with Crippen molar-refractivity contribution in [1.29, 1.82) is 0 Å².